The number of nitriles is 1. The Kier molecular flexibility index (Phi) is 2.78. The molecule has 2 nitrogen and oxygen atoms in total. The van der Waals surface area contributed by atoms with Gasteiger partial charge >= 0.3 is 0 Å². The summed E-state index contributed by atoms with van der Waals surface area (Å²) >= 11 is 0. The molecule has 0 spiro atoms. The summed E-state index contributed by atoms with van der Waals surface area (Å²) in [7, 11) is 0. The van der Waals surface area contributed by atoms with Gasteiger partial charge in [-0.15, -0.1) is 0 Å². The number of benzene rings is 1. The number of halogens is 1. The van der Waals surface area contributed by atoms with E-state index in [4.69, 9.17) is 5.26 Å². The maximum atomic E-state index is 12.7. The average Bonchev–Trinajstić information content (AvgIpc) is 2.14. The van der Waals surface area contributed by atoms with Crippen molar-refractivity contribution in [1.82, 2.24) is 0 Å². The van der Waals surface area contributed by atoms with Crippen molar-refractivity contribution in [2.45, 2.75) is 0 Å². The van der Waals surface area contributed by atoms with Crippen molar-refractivity contribution in [1.29, 1.82) is 5.26 Å². The maximum absolute atomic E-state index is 12.7. The highest BCUT2D eigenvalue weighted by Crippen LogP contribution is 2.06. The van der Waals surface area contributed by atoms with Gasteiger partial charge < -0.3 is 0 Å². The zero-order chi connectivity index (χ0) is 9.68. The fourth-order valence-corrected chi connectivity index (χ4v) is 0.853. The molecule has 0 aromatic heterocycles. The Labute approximate surface area is 74.6 Å². The third-order valence-electron chi connectivity index (χ3n) is 1.32. The molecule has 0 aliphatic carbocycles. The molecule has 62 valence electrons. The number of hydrogen-bond donors (Lipinski definition) is 0. The van der Waals surface area contributed by atoms with Crippen LogP contribution in [-0.2, 0) is 0 Å². The minimum Gasteiger partial charge on any atom is -0.298 e. The van der Waals surface area contributed by atoms with Crippen molar-refractivity contribution in [2.75, 3.05) is 0 Å². The van der Waals surface area contributed by atoms with E-state index in [2.05, 4.69) is 11.8 Å². The molecule has 0 aliphatic rings. The molecule has 3 heteroatoms. The van der Waals surface area contributed by atoms with Crippen molar-refractivity contribution in [2.24, 2.45) is 0 Å². The van der Waals surface area contributed by atoms with E-state index in [1.54, 1.807) is 6.07 Å². The molecule has 0 saturated heterocycles. The fraction of sp³-hybridized carbons (Fsp3) is 0. The first-order chi connectivity index (χ1) is 6.26. The molecule has 0 amide bonds. The first kappa shape index (κ1) is 8.96. The normalized spacial score (nSPS) is 8.00. The van der Waals surface area contributed by atoms with Crippen LogP contribution >= 0.6 is 0 Å². The standard InChI is InChI=1S/C10H4FNO/c11-10-5-8(2-1-3-12)4-9(6-10)7-13/h4-7H. The van der Waals surface area contributed by atoms with Crippen LogP contribution in [-0.4, -0.2) is 6.29 Å². The number of carbonyl (C=O) groups excluding carboxylic acids is 1. The summed E-state index contributed by atoms with van der Waals surface area (Å²) in [5.74, 6) is 3.98. The lowest BCUT2D eigenvalue weighted by atomic mass is 10.1. The van der Waals surface area contributed by atoms with Gasteiger partial charge in [0.05, 0.1) is 0 Å². The molecule has 0 heterocycles. The summed E-state index contributed by atoms with van der Waals surface area (Å²) in [6.07, 6.45) is 0.528. The van der Waals surface area contributed by atoms with Crippen LogP contribution in [0.5, 0.6) is 0 Å². The van der Waals surface area contributed by atoms with Gasteiger partial charge in [-0.05, 0) is 18.2 Å². The van der Waals surface area contributed by atoms with Gasteiger partial charge in [0.1, 0.15) is 12.1 Å². The number of aldehydes is 1. The van der Waals surface area contributed by atoms with Crippen LogP contribution in [0.3, 0.4) is 0 Å². The molecular weight excluding hydrogens is 169 g/mol. The van der Waals surface area contributed by atoms with Crippen molar-refractivity contribution >= 4 is 6.29 Å². The van der Waals surface area contributed by atoms with Crippen LogP contribution in [0.25, 0.3) is 0 Å². The van der Waals surface area contributed by atoms with E-state index >= 15 is 0 Å². The fourth-order valence-electron chi connectivity index (χ4n) is 0.853. The predicted molar refractivity (Wildman–Crippen MR) is 44.3 cm³/mol. The SMILES string of the molecule is N#CC#Cc1cc(F)cc(C=O)c1. The van der Waals surface area contributed by atoms with Crippen molar-refractivity contribution < 1.29 is 9.18 Å². The van der Waals surface area contributed by atoms with Crippen molar-refractivity contribution in [3.8, 4) is 17.9 Å². The third kappa shape index (κ3) is 2.43. The third-order valence-corrected chi connectivity index (χ3v) is 1.32. The summed E-state index contributed by atoms with van der Waals surface area (Å²) in [5, 5.41) is 8.14. The van der Waals surface area contributed by atoms with Gasteiger partial charge in [-0.2, -0.15) is 5.26 Å². The van der Waals surface area contributed by atoms with E-state index in [1.165, 1.54) is 6.07 Å². The molecule has 0 fully saturated rings. The zero-order valence-electron chi connectivity index (χ0n) is 6.54. The number of carbonyl (C=O) groups is 1. The number of rotatable bonds is 1. The minimum atomic E-state index is -0.535. The summed E-state index contributed by atoms with van der Waals surface area (Å²) in [6.45, 7) is 0. The molecule has 0 aliphatic heterocycles. The highest BCUT2D eigenvalue weighted by atomic mass is 19.1. The second kappa shape index (κ2) is 4.04. The lowest BCUT2D eigenvalue weighted by molar-refractivity contribution is 0.112. The Hall–Kier alpha value is -2.13. The largest absolute Gasteiger partial charge is 0.298 e. The predicted octanol–water partition coefficient (Wildman–Crippen LogP) is 1.51. The van der Waals surface area contributed by atoms with Gasteiger partial charge in [0.15, 0.2) is 6.07 Å². The average molecular weight is 173 g/mol. The molecule has 0 N–H and O–H groups in total. The Bertz CT molecular complexity index is 434. The van der Waals surface area contributed by atoms with E-state index in [9.17, 15) is 9.18 Å². The number of hydrogen-bond acceptors (Lipinski definition) is 2. The quantitative estimate of drug-likeness (QED) is 0.477. The maximum Gasteiger partial charge on any atom is 0.152 e. The van der Waals surface area contributed by atoms with Gasteiger partial charge in [0.25, 0.3) is 0 Å². The Morgan fingerprint density at radius 3 is 2.77 bits per heavy atom. The molecule has 1 aromatic rings. The Balaban J connectivity index is 3.17. The molecule has 0 unspecified atom stereocenters. The van der Waals surface area contributed by atoms with Gasteiger partial charge in [-0.1, -0.05) is 5.92 Å². The smallest absolute Gasteiger partial charge is 0.152 e. The second-order valence-corrected chi connectivity index (χ2v) is 2.25. The summed E-state index contributed by atoms with van der Waals surface area (Å²) in [5.41, 5.74) is 0.533. The lowest BCUT2D eigenvalue weighted by Gasteiger charge is -1.93. The van der Waals surface area contributed by atoms with Crippen LogP contribution in [0.15, 0.2) is 18.2 Å². The highest BCUT2D eigenvalue weighted by Gasteiger charge is 1.97. The molecule has 1 aromatic carbocycles. The van der Waals surface area contributed by atoms with E-state index < -0.39 is 5.82 Å². The first-order valence-corrected chi connectivity index (χ1v) is 3.42. The molecule has 13 heavy (non-hydrogen) atoms. The van der Waals surface area contributed by atoms with Gasteiger partial charge in [0.2, 0.25) is 0 Å². The topological polar surface area (TPSA) is 40.9 Å². The van der Waals surface area contributed by atoms with Crippen LogP contribution in [0.1, 0.15) is 15.9 Å². The molecule has 0 atom stereocenters. The van der Waals surface area contributed by atoms with Crippen LogP contribution in [0.2, 0.25) is 0 Å². The lowest BCUT2D eigenvalue weighted by Crippen LogP contribution is -1.85. The second-order valence-electron chi connectivity index (χ2n) is 2.25. The molecule has 0 radical (unpaired) electrons. The molecule has 0 bridgehead atoms. The number of nitrogens with zero attached hydrogens (tertiary/aromatic N) is 1. The van der Waals surface area contributed by atoms with Gasteiger partial charge in [-0.3, -0.25) is 4.79 Å². The van der Waals surface area contributed by atoms with Gasteiger partial charge in [-0.25, -0.2) is 4.39 Å². The molecule has 1 rings (SSSR count). The van der Waals surface area contributed by atoms with E-state index in [-0.39, 0.29) is 5.56 Å². The van der Waals surface area contributed by atoms with E-state index in [1.807, 2.05) is 0 Å². The van der Waals surface area contributed by atoms with Gasteiger partial charge in [0, 0.05) is 17.0 Å². The molecular formula is C10H4FNO. The summed E-state index contributed by atoms with van der Waals surface area (Å²) < 4.78 is 12.7. The highest BCUT2D eigenvalue weighted by molar-refractivity contribution is 5.75. The van der Waals surface area contributed by atoms with E-state index in [0.29, 0.717) is 11.8 Å². The Morgan fingerprint density at radius 2 is 2.15 bits per heavy atom. The summed E-state index contributed by atoms with van der Waals surface area (Å²) in [6, 6.07) is 5.28. The van der Waals surface area contributed by atoms with Crippen LogP contribution in [0.4, 0.5) is 4.39 Å². The van der Waals surface area contributed by atoms with E-state index in [0.717, 1.165) is 12.1 Å². The van der Waals surface area contributed by atoms with Crippen LogP contribution in [0, 0.1) is 29.0 Å². The van der Waals surface area contributed by atoms with Crippen LogP contribution < -0.4 is 0 Å². The molecule has 0 saturated carbocycles. The van der Waals surface area contributed by atoms with Crippen molar-refractivity contribution in [3.63, 3.8) is 0 Å². The zero-order valence-corrected chi connectivity index (χ0v) is 6.54. The summed E-state index contributed by atoms with van der Waals surface area (Å²) in [4.78, 5) is 10.3. The first-order valence-electron chi connectivity index (χ1n) is 3.42. The monoisotopic (exact) mass is 173 g/mol. The Morgan fingerprint density at radius 1 is 1.38 bits per heavy atom. The van der Waals surface area contributed by atoms with Crippen molar-refractivity contribution in [3.05, 3.63) is 35.1 Å². The minimum absolute atomic E-state index is 0.210.